The van der Waals surface area contributed by atoms with Crippen LogP contribution in [0.4, 0.5) is 0 Å². The van der Waals surface area contributed by atoms with E-state index in [1.54, 1.807) is 11.3 Å². The molecule has 2 aromatic rings. The molecule has 1 aromatic heterocycles. The third kappa shape index (κ3) is 7.47. The molecule has 0 amide bonds. The Morgan fingerprint density at radius 3 is 2.40 bits per heavy atom. The maximum absolute atomic E-state index is 12.0. The minimum absolute atomic E-state index is 0.306. The first-order valence-electron chi connectivity index (χ1n) is 11.5. The van der Waals surface area contributed by atoms with Gasteiger partial charge >= 0.3 is 5.97 Å². The number of hydrogen-bond acceptors (Lipinski definition) is 6. The van der Waals surface area contributed by atoms with Crippen LogP contribution in [-0.4, -0.2) is 28.9 Å². The molecule has 6 heteroatoms. The lowest BCUT2D eigenvalue weighted by Crippen LogP contribution is -2.24. The minimum atomic E-state index is -0.420. The second-order valence-electron chi connectivity index (χ2n) is 8.03. The van der Waals surface area contributed by atoms with Crippen LogP contribution in [0.3, 0.4) is 0 Å². The summed E-state index contributed by atoms with van der Waals surface area (Å²) in [5.41, 5.74) is 1.00. The Hall–Kier alpha value is -1.79. The number of unbranched alkanes of at least 4 members (excludes halogenated alkanes) is 8. The zero-order valence-corrected chi connectivity index (χ0v) is 18.9. The molecule has 164 valence electrons. The minimum Gasteiger partial charge on any atom is -0.425 e. The van der Waals surface area contributed by atoms with Gasteiger partial charge in [-0.1, -0.05) is 69.6 Å². The van der Waals surface area contributed by atoms with Gasteiger partial charge in [-0.2, -0.15) is 0 Å². The van der Waals surface area contributed by atoms with E-state index in [0.29, 0.717) is 12.4 Å². The van der Waals surface area contributed by atoms with Gasteiger partial charge in [-0.15, -0.1) is 10.2 Å². The van der Waals surface area contributed by atoms with Crippen LogP contribution >= 0.6 is 11.3 Å². The van der Waals surface area contributed by atoms with E-state index in [0.717, 1.165) is 34.8 Å². The van der Waals surface area contributed by atoms with Crippen molar-refractivity contribution in [3.05, 3.63) is 29.3 Å². The number of nitrogens with zero attached hydrogens (tertiary/aromatic N) is 2. The lowest BCUT2D eigenvalue weighted by atomic mass is 10.1. The molecule has 1 aliphatic heterocycles. The third-order valence-electron chi connectivity index (χ3n) is 5.47. The van der Waals surface area contributed by atoms with Crippen LogP contribution in [0.5, 0.6) is 5.75 Å². The molecule has 0 aliphatic carbocycles. The first kappa shape index (κ1) is 22.9. The molecule has 1 aromatic carbocycles. The molecule has 1 fully saturated rings. The summed E-state index contributed by atoms with van der Waals surface area (Å²) in [5.74, 6) is 0.234. The van der Waals surface area contributed by atoms with E-state index in [1.807, 2.05) is 24.3 Å². The fourth-order valence-electron chi connectivity index (χ4n) is 3.67. The largest absolute Gasteiger partial charge is 0.425 e. The Morgan fingerprint density at radius 1 is 1.03 bits per heavy atom. The van der Waals surface area contributed by atoms with Crippen LogP contribution < -0.4 is 4.74 Å². The van der Waals surface area contributed by atoms with Crippen molar-refractivity contribution < 1.29 is 14.3 Å². The standard InChI is InChI=1S/C24H34N2O3S/c1-2-3-4-5-6-7-8-9-10-13-22-25-26-23(30-22)19-14-16-20(17-15-19)29-24(27)21-12-11-18-28-21/h14-17,21H,2-13,18H2,1H3. The van der Waals surface area contributed by atoms with Crippen LogP contribution in [0.2, 0.25) is 0 Å². The maximum Gasteiger partial charge on any atom is 0.340 e. The predicted molar refractivity (Wildman–Crippen MR) is 121 cm³/mol. The van der Waals surface area contributed by atoms with E-state index < -0.39 is 6.10 Å². The van der Waals surface area contributed by atoms with Crippen molar-refractivity contribution in [3.8, 4) is 16.3 Å². The third-order valence-corrected chi connectivity index (χ3v) is 6.51. The SMILES string of the molecule is CCCCCCCCCCCc1nnc(-c2ccc(OC(=O)C3CCCO3)cc2)s1. The summed E-state index contributed by atoms with van der Waals surface area (Å²) >= 11 is 1.65. The number of ether oxygens (including phenoxy) is 2. The van der Waals surface area contributed by atoms with E-state index >= 15 is 0 Å². The number of hydrogen-bond donors (Lipinski definition) is 0. The van der Waals surface area contributed by atoms with Crippen molar-refractivity contribution in [2.24, 2.45) is 0 Å². The highest BCUT2D eigenvalue weighted by Crippen LogP contribution is 2.27. The van der Waals surface area contributed by atoms with Gasteiger partial charge in [0.05, 0.1) is 0 Å². The molecule has 1 unspecified atom stereocenters. The summed E-state index contributed by atoms with van der Waals surface area (Å²) in [5, 5.41) is 10.7. The maximum atomic E-state index is 12.0. The molecule has 3 rings (SSSR count). The van der Waals surface area contributed by atoms with E-state index in [4.69, 9.17) is 9.47 Å². The van der Waals surface area contributed by atoms with Gasteiger partial charge in [0.25, 0.3) is 0 Å². The lowest BCUT2D eigenvalue weighted by Gasteiger charge is -2.09. The molecule has 2 heterocycles. The Bertz CT molecular complexity index is 754. The number of aryl methyl sites for hydroxylation is 1. The Kier molecular flexibility index (Phi) is 9.77. The van der Waals surface area contributed by atoms with Crippen LogP contribution in [0.25, 0.3) is 10.6 Å². The number of esters is 1. The zero-order chi connectivity index (χ0) is 21.0. The average Bonchev–Trinajstić information content (AvgIpc) is 3.46. The van der Waals surface area contributed by atoms with Gasteiger partial charge in [0.1, 0.15) is 15.8 Å². The highest BCUT2D eigenvalue weighted by Gasteiger charge is 2.25. The summed E-state index contributed by atoms with van der Waals surface area (Å²) < 4.78 is 10.8. The summed E-state index contributed by atoms with van der Waals surface area (Å²) in [6, 6.07) is 7.48. The molecule has 30 heavy (non-hydrogen) atoms. The zero-order valence-electron chi connectivity index (χ0n) is 18.1. The first-order valence-corrected chi connectivity index (χ1v) is 12.3. The topological polar surface area (TPSA) is 61.3 Å². The van der Waals surface area contributed by atoms with Crippen molar-refractivity contribution in [1.82, 2.24) is 10.2 Å². The van der Waals surface area contributed by atoms with Crippen molar-refractivity contribution in [3.63, 3.8) is 0 Å². The van der Waals surface area contributed by atoms with Gasteiger partial charge < -0.3 is 9.47 Å². The van der Waals surface area contributed by atoms with Crippen LogP contribution in [-0.2, 0) is 16.0 Å². The molecule has 1 atom stereocenters. The number of aromatic nitrogens is 2. The predicted octanol–water partition coefficient (Wildman–Crippen LogP) is 6.36. The molecule has 1 saturated heterocycles. The van der Waals surface area contributed by atoms with Crippen molar-refractivity contribution >= 4 is 17.3 Å². The fraction of sp³-hybridized carbons (Fsp3) is 0.625. The van der Waals surface area contributed by atoms with Gasteiger partial charge in [-0.3, -0.25) is 0 Å². The van der Waals surface area contributed by atoms with Crippen LogP contribution in [0.1, 0.15) is 82.6 Å². The number of carbonyl (C=O) groups excluding carboxylic acids is 1. The van der Waals surface area contributed by atoms with Gasteiger partial charge in [-0.25, -0.2) is 4.79 Å². The van der Waals surface area contributed by atoms with Gasteiger partial charge in [0, 0.05) is 18.6 Å². The van der Waals surface area contributed by atoms with Crippen LogP contribution in [0.15, 0.2) is 24.3 Å². The number of carbonyl (C=O) groups is 1. The Morgan fingerprint density at radius 2 is 1.73 bits per heavy atom. The van der Waals surface area contributed by atoms with Gasteiger partial charge in [0.2, 0.25) is 0 Å². The molecule has 5 nitrogen and oxygen atoms in total. The molecule has 0 bridgehead atoms. The number of rotatable bonds is 13. The summed E-state index contributed by atoms with van der Waals surface area (Å²) in [4.78, 5) is 12.0. The quantitative estimate of drug-likeness (QED) is 0.210. The molecule has 1 aliphatic rings. The van der Waals surface area contributed by atoms with Crippen molar-refractivity contribution in [2.75, 3.05) is 6.61 Å². The average molecular weight is 431 g/mol. The molecule has 0 saturated carbocycles. The summed E-state index contributed by atoms with van der Waals surface area (Å²) in [7, 11) is 0. The van der Waals surface area contributed by atoms with E-state index in [-0.39, 0.29) is 5.97 Å². The molecular formula is C24H34N2O3S. The van der Waals surface area contributed by atoms with Crippen molar-refractivity contribution in [2.45, 2.75) is 90.1 Å². The van der Waals surface area contributed by atoms with E-state index in [1.165, 1.54) is 57.8 Å². The van der Waals surface area contributed by atoms with Crippen molar-refractivity contribution in [1.29, 1.82) is 0 Å². The molecule has 0 N–H and O–H groups in total. The number of benzene rings is 1. The normalized spacial score (nSPS) is 16.1. The van der Waals surface area contributed by atoms with Gasteiger partial charge in [0.15, 0.2) is 6.10 Å². The smallest absolute Gasteiger partial charge is 0.340 e. The van der Waals surface area contributed by atoms with E-state index in [2.05, 4.69) is 17.1 Å². The molecular weight excluding hydrogens is 396 g/mol. The highest BCUT2D eigenvalue weighted by atomic mass is 32.1. The molecule has 0 spiro atoms. The highest BCUT2D eigenvalue weighted by molar-refractivity contribution is 7.14. The van der Waals surface area contributed by atoms with E-state index in [9.17, 15) is 4.79 Å². The molecule has 0 radical (unpaired) electrons. The fourth-order valence-corrected chi connectivity index (χ4v) is 4.56. The van der Waals surface area contributed by atoms with Gasteiger partial charge in [-0.05, 0) is 43.5 Å². The summed E-state index contributed by atoms with van der Waals surface area (Å²) in [6.07, 6.45) is 14.2. The Labute approximate surface area is 184 Å². The second kappa shape index (κ2) is 12.8. The second-order valence-corrected chi connectivity index (χ2v) is 9.09. The Balaban J connectivity index is 1.36. The summed E-state index contributed by atoms with van der Waals surface area (Å²) in [6.45, 7) is 2.90. The first-order chi connectivity index (χ1) is 14.8. The van der Waals surface area contributed by atoms with Crippen LogP contribution in [0, 0.1) is 0 Å². The lowest BCUT2D eigenvalue weighted by molar-refractivity contribution is -0.144. The monoisotopic (exact) mass is 430 g/mol.